The molecule has 0 spiro atoms. The summed E-state index contributed by atoms with van der Waals surface area (Å²) in [6.07, 6.45) is 0. The average Bonchev–Trinajstić information content (AvgIpc) is 2.77. The average molecular weight is 519 g/mol. The van der Waals surface area contributed by atoms with Crippen LogP contribution in [0.2, 0.25) is 0 Å². The summed E-state index contributed by atoms with van der Waals surface area (Å²) in [5.41, 5.74) is -0.996. The highest BCUT2D eigenvalue weighted by molar-refractivity contribution is 7.86. The van der Waals surface area contributed by atoms with Gasteiger partial charge in [-0.2, -0.15) is 16.8 Å². The van der Waals surface area contributed by atoms with Crippen LogP contribution >= 0.6 is 0 Å². The van der Waals surface area contributed by atoms with Gasteiger partial charge in [-0.25, -0.2) is 0 Å². The van der Waals surface area contributed by atoms with Gasteiger partial charge in [0.25, 0.3) is 25.9 Å². The SMILES string of the molecule is O=[N+]([O-])c1ccc2c(N=Nc3ccc4c(S(=O)(=O)O)cccc4c3O)c(O)cc(S(=O)(=O)O)c2c1. The Morgan fingerprint density at radius 3 is 2.03 bits per heavy atom. The first-order chi connectivity index (χ1) is 16.3. The molecule has 4 rings (SSSR count). The highest BCUT2D eigenvalue weighted by Crippen LogP contribution is 2.43. The molecule has 15 heteroatoms. The Morgan fingerprint density at radius 1 is 0.743 bits per heavy atom. The van der Waals surface area contributed by atoms with E-state index in [1.807, 2.05) is 0 Å². The number of hydrogen-bond acceptors (Lipinski definition) is 10. The molecule has 4 aromatic carbocycles. The van der Waals surface area contributed by atoms with Crippen molar-refractivity contribution in [2.45, 2.75) is 9.79 Å². The Morgan fingerprint density at radius 2 is 1.40 bits per heavy atom. The second kappa shape index (κ2) is 8.24. The van der Waals surface area contributed by atoms with Crippen LogP contribution in [-0.4, -0.2) is 41.1 Å². The van der Waals surface area contributed by atoms with E-state index in [4.69, 9.17) is 0 Å². The second-order valence-electron chi connectivity index (χ2n) is 7.16. The first-order valence-electron chi connectivity index (χ1n) is 9.34. The zero-order valence-corrected chi connectivity index (χ0v) is 18.7. The normalized spacial score (nSPS) is 12.5. The maximum atomic E-state index is 11.8. The van der Waals surface area contributed by atoms with Crippen molar-refractivity contribution in [3.05, 3.63) is 64.7 Å². The Balaban J connectivity index is 1.92. The molecule has 0 saturated carbocycles. The molecule has 0 atom stereocenters. The maximum absolute atomic E-state index is 11.8. The van der Waals surface area contributed by atoms with Gasteiger partial charge in [-0.1, -0.05) is 18.2 Å². The number of phenolic OH excluding ortho intramolecular Hbond substituents is 2. The van der Waals surface area contributed by atoms with Crippen LogP contribution in [0.25, 0.3) is 21.5 Å². The Bertz CT molecular complexity index is 1800. The van der Waals surface area contributed by atoms with Crippen LogP contribution in [0.4, 0.5) is 17.1 Å². The summed E-state index contributed by atoms with van der Waals surface area (Å²) in [5.74, 6) is -1.25. The first-order valence-corrected chi connectivity index (χ1v) is 12.2. The van der Waals surface area contributed by atoms with Crippen molar-refractivity contribution in [1.29, 1.82) is 0 Å². The molecule has 0 aliphatic heterocycles. The fourth-order valence-electron chi connectivity index (χ4n) is 3.49. The molecule has 0 unspecified atom stereocenters. The van der Waals surface area contributed by atoms with Crippen LogP contribution in [0.1, 0.15) is 0 Å². The van der Waals surface area contributed by atoms with E-state index in [1.165, 1.54) is 24.3 Å². The maximum Gasteiger partial charge on any atom is 0.295 e. The monoisotopic (exact) mass is 519 g/mol. The van der Waals surface area contributed by atoms with Crippen molar-refractivity contribution in [3.63, 3.8) is 0 Å². The van der Waals surface area contributed by atoms with Gasteiger partial charge >= 0.3 is 0 Å². The van der Waals surface area contributed by atoms with Gasteiger partial charge in [0.1, 0.15) is 26.9 Å². The topological polar surface area (TPSA) is 217 Å². The fraction of sp³-hybridized carbons (Fsp3) is 0. The lowest BCUT2D eigenvalue weighted by atomic mass is 10.1. The molecule has 0 aliphatic rings. The molecular formula is C20H13N3O10S2. The lowest BCUT2D eigenvalue weighted by Gasteiger charge is -2.09. The van der Waals surface area contributed by atoms with E-state index in [-0.39, 0.29) is 32.9 Å². The third kappa shape index (κ3) is 4.35. The molecule has 35 heavy (non-hydrogen) atoms. The van der Waals surface area contributed by atoms with Crippen LogP contribution in [-0.2, 0) is 20.2 Å². The summed E-state index contributed by atoms with van der Waals surface area (Å²) in [6.45, 7) is 0. The number of non-ortho nitro benzene ring substituents is 1. The van der Waals surface area contributed by atoms with E-state index < -0.39 is 52.1 Å². The summed E-state index contributed by atoms with van der Waals surface area (Å²) in [6, 6.07) is 9.89. The van der Waals surface area contributed by atoms with Crippen molar-refractivity contribution < 1.29 is 41.1 Å². The minimum absolute atomic E-state index is 0.00422. The second-order valence-corrected chi connectivity index (χ2v) is 9.94. The van der Waals surface area contributed by atoms with Crippen LogP contribution in [0.15, 0.2) is 74.6 Å². The zero-order chi connectivity index (χ0) is 25.7. The zero-order valence-electron chi connectivity index (χ0n) is 17.1. The molecule has 180 valence electrons. The van der Waals surface area contributed by atoms with Crippen molar-refractivity contribution >= 4 is 58.8 Å². The van der Waals surface area contributed by atoms with Gasteiger partial charge in [-0.3, -0.25) is 19.2 Å². The number of nitro benzene ring substituents is 1. The fourth-order valence-corrected chi connectivity index (χ4v) is 4.91. The number of rotatable bonds is 5. The molecule has 13 nitrogen and oxygen atoms in total. The Hall–Kier alpha value is -4.18. The van der Waals surface area contributed by atoms with E-state index in [1.54, 1.807) is 0 Å². The molecule has 0 amide bonds. The number of nitro groups is 1. The molecule has 0 bridgehead atoms. The van der Waals surface area contributed by atoms with Gasteiger partial charge in [0.15, 0.2) is 5.75 Å². The smallest absolute Gasteiger partial charge is 0.295 e. The quantitative estimate of drug-likeness (QED) is 0.127. The molecule has 4 aromatic rings. The van der Waals surface area contributed by atoms with Crippen LogP contribution in [0, 0.1) is 10.1 Å². The van der Waals surface area contributed by atoms with E-state index in [0.717, 1.165) is 24.3 Å². The van der Waals surface area contributed by atoms with Gasteiger partial charge in [0.05, 0.1) is 4.92 Å². The molecule has 0 heterocycles. The van der Waals surface area contributed by atoms with E-state index in [2.05, 4.69) is 10.2 Å². The van der Waals surface area contributed by atoms with Crippen molar-refractivity contribution in [3.8, 4) is 11.5 Å². The number of phenols is 2. The van der Waals surface area contributed by atoms with Crippen LogP contribution < -0.4 is 0 Å². The third-order valence-electron chi connectivity index (χ3n) is 5.03. The number of hydrogen-bond donors (Lipinski definition) is 4. The minimum Gasteiger partial charge on any atom is -0.506 e. The van der Waals surface area contributed by atoms with Crippen molar-refractivity contribution in [1.82, 2.24) is 0 Å². The number of nitrogens with zero attached hydrogens (tertiary/aromatic N) is 3. The largest absolute Gasteiger partial charge is 0.506 e. The predicted octanol–water partition coefficient (Wildman–Crippen LogP) is 4.22. The summed E-state index contributed by atoms with van der Waals surface area (Å²) in [4.78, 5) is 9.10. The number of aromatic hydroxyl groups is 2. The van der Waals surface area contributed by atoms with Gasteiger partial charge in [-0.05, 0) is 18.2 Å². The summed E-state index contributed by atoms with van der Waals surface area (Å²) in [7, 11) is -9.48. The van der Waals surface area contributed by atoms with Gasteiger partial charge in [-0.15, -0.1) is 10.2 Å². The molecule has 0 radical (unpaired) electrons. The van der Waals surface area contributed by atoms with Crippen molar-refractivity contribution in [2.24, 2.45) is 10.2 Å². The van der Waals surface area contributed by atoms with E-state index in [9.17, 15) is 46.3 Å². The summed E-state index contributed by atoms with van der Waals surface area (Å²) < 4.78 is 65.6. The van der Waals surface area contributed by atoms with E-state index in [0.29, 0.717) is 6.07 Å². The van der Waals surface area contributed by atoms with Crippen molar-refractivity contribution in [2.75, 3.05) is 0 Å². The van der Waals surface area contributed by atoms with E-state index >= 15 is 0 Å². The van der Waals surface area contributed by atoms with Gasteiger partial charge in [0, 0.05) is 39.7 Å². The lowest BCUT2D eigenvalue weighted by molar-refractivity contribution is -0.384. The number of benzene rings is 4. The Labute approximate surface area is 196 Å². The highest BCUT2D eigenvalue weighted by atomic mass is 32.2. The molecule has 4 N–H and O–H groups in total. The van der Waals surface area contributed by atoms with Crippen LogP contribution in [0.3, 0.4) is 0 Å². The molecule has 0 aliphatic carbocycles. The number of fused-ring (bicyclic) bond motifs is 2. The third-order valence-corrected chi connectivity index (χ3v) is 6.84. The predicted molar refractivity (Wildman–Crippen MR) is 122 cm³/mol. The van der Waals surface area contributed by atoms with Gasteiger partial charge in [0.2, 0.25) is 0 Å². The molecular weight excluding hydrogens is 506 g/mol. The minimum atomic E-state index is -4.89. The summed E-state index contributed by atoms with van der Waals surface area (Å²) in [5, 5.41) is 39.3. The van der Waals surface area contributed by atoms with Gasteiger partial charge < -0.3 is 10.2 Å². The summed E-state index contributed by atoms with van der Waals surface area (Å²) >= 11 is 0. The number of azo groups is 1. The lowest BCUT2D eigenvalue weighted by Crippen LogP contribution is -2.00. The Kier molecular flexibility index (Phi) is 5.64. The molecule has 0 saturated heterocycles. The standard InChI is InChI=1S/C20H13N3O10S2/c24-16-9-18(35(31,32)33)14-8-10(23(26)27)4-5-12(14)19(16)22-21-15-7-6-11-13(20(15)25)2-1-3-17(11)34(28,29)30/h1-9,24-25H,(H,28,29,30)(H,31,32,33). The van der Waals surface area contributed by atoms with Crippen LogP contribution in [0.5, 0.6) is 11.5 Å². The first kappa shape index (κ1) is 24.0. The molecule has 0 fully saturated rings. The highest BCUT2D eigenvalue weighted by Gasteiger charge is 2.22. The molecule has 0 aromatic heterocycles.